The van der Waals surface area contributed by atoms with Crippen LogP contribution in [-0.4, -0.2) is 41.8 Å². The first-order valence-electron chi connectivity index (χ1n) is 8.06. The third-order valence-electron chi connectivity index (χ3n) is 3.84. The lowest BCUT2D eigenvalue weighted by Gasteiger charge is -2.25. The van der Waals surface area contributed by atoms with E-state index in [1.807, 2.05) is 0 Å². The smallest absolute Gasteiger partial charge is 0.329 e. The number of carbonyl (C=O) groups excluding carboxylic acids is 2. The Morgan fingerprint density at radius 3 is 2.77 bits per heavy atom. The third-order valence-corrected chi connectivity index (χ3v) is 5.13. The molecule has 2 atom stereocenters. The molecule has 138 valence electrons. The molecule has 2 heterocycles. The Kier molecular flexibility index (Phi) is 5.82. The molecular formula is C18H18FNO5S. The standard InChI is InChI=1S/C18H18FNO5S/c1-12(21)20-14(11-26-17(20)16-7-4-8-23-16)18(22)25-10-9-24-15-6-3-2-5-13(15)19/h2-8,14,17H,9-11H2,1H3/t14-,17-/m1/s1. The minimum atomic E-state index is -0.693. The topological polar surface area (TPSA) is 69.0 Å². The van der Waals surface area contributed by atoms with Gasteiger partial charge in [-0.05, 0) is 24.3 Å². The molecular weight excluding hydrogens is 361 g/mol. The average Bonchev–Trinajstić information content (AvgIpc) is 3.28. The van der Waals surface area contributed by atoms with Crippen LogP contribution in [0.25, 0.3) is 0 Å². The summed E-state index contributed by atoms with van der Waals surface area (Å²) in [6.07, 6.45) is 1.53. The van der Waals surface area contributed by atoms with Crippen LogP contribution in [0, 0.1) is 5.82 Å². The molecule has 1 saturated heterocycles. The van der Waals surface area contributed by atoms with Crippen LogP contribution in [0.4, 0.5) is 4.39 Å². The Bertz CT molecular complexity index is 767. The zero-order chi connectivity index (χ0) is 18.5. The van der Waals surface area contributed by atoms with E-state index in [0.717, 1.165) is 0 Å². The second-order valence-corrected chi connectivity index (χ2v) is 6.70. The van der Waals surface area contributed by atoms with Gasteiger partial charge in [0.25, 0.3) is 0 Å². The van der Waals surface area contributed by atoms with Crippen molar-refractivity contribution in [1.29, 1.82) is 0 Å². The lowest BCUT2D eigenvalue weighted by molar-refractivity contribution is -0.154. The van der Waals surface area contributed by atoms with Crippen molar-refractivity contribution >= 4 is 23.6 Å². The van der Waals surface area contributed by atoms with Gasteiger partial charge in [-0.2, -0.15) is 0 Å². The van der Waals surface area contributed by atoms with E-state index in [-0.39, 0.29) is 30.2 Å². The van der Waals surface area contributed by atoms with Gasteiger partial charge in [0.05, 0.1) is 6.26 Å². The Balaban J connectivity index is 1.54. The molecule has 0 radical (unpaired) electrons. The highest BCUT2D eigenvalue weighted by atomic mass is 32.2. The van der Waals surface area contributed by atoms with Gasteiger partial charge in [-0.15, -0.1) is 11.8 Å². The summed E-state index contributed by atoms with van der Waals surface area (Å²) in [6, 6.07) is 8.81. The molecule has 1 amide bonds. The number of nitrogens with zero attached hydrogens (tertiary/aromatic N) is 1. The molecule has 0 spiro atoms. The molecule has 0 unspecified atom stereocenters. The van der Waals surface area contributed by atoms with Crippen LogP contribution >= 0.6 is 11.8 Å². The van der Waals surface area contributed by atoms with Crippen molar-refractivity contribution in [3.8, 4) is 5.75 Å². The molecule has 0 N–H and O–H groups in total. The quantitative estimate of drug-likeness (QED) is 0.568. The fraction of sp³-hybridized carbons (Fsp3) is 0.333. The molecule has 0 saturated carbocycles. The van der Waals surface area contributed by atoms with Gasteiger partial charge >= 0.3 is 5.97 Å². The maximum atomic E-state index is 13.5. The number of halogens is 1. The van der Waals surface area contributed by atoms with Crippen molar-refractivity contribution in [1.82, 2.24) is 4.90 Å². The normalized spacial score (nSPS) is 19.4. The van der Waals surface area contributed by atoms with E-state index in [0.29, 0.717) is 11.5 Å². The largest absolute Gasteiger partial charge is 0.487 e. The van der Waals surface area contributed by atoms with Crippen molar-refractivity contribution in [3.63, 3.8) is 0 Å². The molecule has 1 aliphatic rings. The maximum absolute atomic E-state index is 13.5. The molecule has 6 nitrogen and oxygen atoms in total. The number of esters is 1. The van der Waals surface area contributed by atoms with Gasteiger partial charge in [0.2, 0.25) is 5.91 Å². The summed E-state index contributed by atoms with van der Waals surface area (Å²) >= 11 is 1.44. The van der Waals surface area contributed by atoms with Gasteiger partial charge in [0, 0.05) is 12.7 Å². The van der Waals surface area contributed by atoms with E-state index in [1.165, 1.54) is 42.0 Å². The predicted octanol–water partition coefficient (Wildman–Crippen LogP) is 3.00. The zero-order valence-electron chi connectivity index (χ0n) is 14.1. The van der Waals surface area contributed by atoms with Crippen LogP contribution in [0.2, 0.25) is 0 Å². The number of hydrogen-bond acceptors (Lipinski definition) is 6. The van der Waals surface area contributed by atoms with Crippen LogP contribution in [0.1, 0.15) is 18.1 Å². The van der Waals surface area contributed by atoms with Gasteiger partial charge in [0.1, 0.15) is 30.4 Å². The van der Waals surface area contributed by atoms with Gasteiger partial charge in [-0.1, -0.05) is 12.1 Å². The summed E-state index contributed by atoms with van der Waals surface area (Å²) in [7, 11) is 0. The molecule has 1 aliphatic heterocycles. The van der Waals surface area contributed by atoms with Gasteiger partial charge in [-0.3, -0.25) is 4.79 Å². The Morgan fingerprint density at radius 1 is 1.27 bits per heavy atom. The van der Waals surface area contributed by atoms with Crippen LogP contribution in [0.5, 0.6) is 5.75 Å². The number of para-hydroxylation sites is 1. The first-order valence-corrected chi connectivity index (χ1v) is 9.10. The van der Waals surface area contributed by atoms with E-state index in [4.69, 9.17) is 13.9 Å². The molecule has 1 fully saturated rings. The molecule has 0 bridgehead atoms. The SMILES string of the molecule is CC(=O)N1[C@@H](C(=O)OCCOc2ccccc2F)CS[C@@H]1c1ccco1. The van der Waals surface area contributed by atoms with Crippen molar-refractivity contribution < 1.29 is 27.9 Å². The molecule has 8 heteroatoms. The highest BCUT2D eigenvalue weighted by molar-refractivity contribution is 7.99. The second-order valence-electron chi connectivity index (χ2n) is 5.59. The Morgan fingerprint density at radius 2 is 2.08 bits per heavy atom. The number of hydrogen-bond donors (Lipinski definition) is 0. The van der Waals surface area contributed by atoms with E-state index in [9.17, 15) is 14.0 Å². The molecule has 2 aromatic rings. The summed E-state index contributed by atoms with van der Waals surface area (Å²) in [4.78, 5) is 25.8. The highest BCUT2D eigenvalue weighted by Crippen LogP contribution is 2.41. The molecule has 3 rings (SSSR count). The van der Waals surface area contributed by atoms with E-state index in [2.05, 4.69) is 0 Å². The lowest BCUT2D eigenvalue weighted by Crippen LogP contribution is -2.43. The van der Waals surface area contributed by atoms with Crippen molar-refractivity contribution in [3.05, 3.63) is 54.2 Å². The van der Waals surface area contributed by atoms with E-state index < -0.39 is 17.8 Å². The van der Waals surface area contributed by atoms with Crippen LogP contribution in [0.15, 0.2) is 47.1 Å². The monoisotopic (exact) mass is 379 g/mol. The summed E-state index contributed by atoms with van der Waals surface area (Å²) in [5.41, 5.74) is 0. The van der Waals surface area contributed by atoms with Crippen molar-refractivity contribution in [2.24, 2.45) is 0 Å². The third kappa shape index (κ3) is 4.01. The lowest BCUT2D eigenvalue weighted by atomic mass is 10.2. The van der Waals surface area contributed by atoms with E-state index in [1.54, 1.807) is 24.3 Å². The number of rotatable bonds is 6. The summed E-state index contributed by atoms with van der Waals surface area (Å²) in [5, 5.41) is -0.352. The van der Waals surface area contributed by atoms with Crippen LogP contribution < -0.4 is 4.74 Å². The number of ether oxygens (including phenoxy) is 2. The molecule has 1 aromatic carbocycles. The number of carbonyl (C=O) groups is 2. The highest BCUT2D eigenvalue weighted by Gasteiger charge is 2.43. The average molecular weight is 379 g/mol. The second kappa shape index (κ2) is 8.27. The maximum Gasteiger partial charge on any atom is 0.329 e. The summed E-state index contributed by atoms with van der Waals surface area (Å²) in [5.74, 6) is -0.0979. The fourth-order valence-electron chi connectivity index (χ4n) is 2.68. The van der Waals surface area contributed by atoms with Gasteiger partial charge in [0.15, 0.2) is 11.6 Å². The minimum absolute atomic E-state index is 0.0220. The molecule has 1 aromatic heterocycles. The number of furan rings is 1. The van der Waals surface area contributed by atoms with Gasteiger partial charge in [-0.25, -0.2) is 9.18 Å². The Labute approximate surface area is 154 Å². The molecule has 0 aliphatic carbocycles. The predicted molar refractivity (Wildman–Crippen MR) is 93.1 cm³/mol. The molecule has 26 heavy (non-hydrogen) atoms. The number of amides is 1. The van der Waals surface area contributed by atoms with Gasteiger partial charge < -0.3 is 18.8 Å². The van der Waals surface area contributed by atoms with E-state index >= 15 is 0 Å². The summed E-state index contributed by atoms with van der Waals surface area (Å²) < 4.78 is 29.3. The van der Waals surface area contributed by atoms with Crippen LogP contribution in [0.3, 0.4) is 0 Å². The number of thioether (sulfide) groups is 1. The fourth-order valence-corrected chi connectivity index (χ4v) is 4.09. The zero-order valence-corrected chi connectivity index (χ0v) is 14.9. The first-order chi connectivity index (χ1) is 12.6. The first kappa shape index (κ1) is 18.3. The minimum Gasteiger partial charge on any atom is -0.487 e. The van der Waals surface area contributed by atoms with Crippen molar-refractivity contribution in [2.45, 2.75) is 18.3 Å². The Hall–Kier alpha value is -2.48. The van der Waals surface area contributed by atoms with Crippen molar-refractivity contribution in [2.75, 3.05) is 19.0 Å². The summed E-state index contributed by atoms with van der Waals surface area (Å²) in [6.45, 7) is 1.39. The van der Waals surface area contributed by atoms with Crippen LogP contribution in [-0.2, 0) is 14.3 Å². The number of benzene rings is 1.